The predicted octanol–water partition coefficient (Wildman–Crippen LogP) is 2.31. The number of amides is 1. The van der Waals surface area contributed by atoms with Crippen molar-refractivity contribution in [2.75, 3.05) is 19.4 Å². The largest absolute Gasteiger partial charge is 0.482 e. The van der Waals surface area contributed by atoms with Crippen LogP contribution < -0.4 is 4.74 Å². The minimum Gasteiger partial charge on any atom is -0.482 e. The molecule has 8 heteroatoms. The summed E-state index contributed by atoms with van der Waals surface area (Å²) in [6.45, 7) is 3.87. The minimum absolute atomic E-state index is 0.0241. The molecule has 1 amide bonds. The molecule has 0 atom stereocenters. The fraction of sp³-hybridized carbons (Fsp3) is 0.333. The summed E-state index contributed by atoms with van der Waals surface area (Å²) in [6.07, 6.45) is 0. The molecule has 0 bridgehead atoms. The quantitative estimate of drug-likeness (QED) is 0.559. The zero-order valence-corrected chi connectivity index (χ0v) is 15.7. The van der Waals surface area contributed by atoms with Crippen LogP contribution >= 0.6 is 11.8 Å². The van der Waals surface area contributed by atoms with Gasteiger partial charge in [0, 0.05) is 25.0 Å². The van der Waals surface area contributed by atoms with Gasteiger partial charge in [-0.2, -0.15) is 0 Å². The number of hydrogen-bond acceptors (Lipinski definition) is 6. The molecular weight excluding hydrogens is 354 g/mol. The lowest BCUT2D eigenvalue weighted by Crippen LogP contribution is -2.27. The Morgan fingerprint density at radius 3 is 2.35 bits per heavy atom. The fourth-order valence-electron chi connectivity index (χ4n) is 2.19. The molecule has 0 saturated heterocycles. The third kappa shape index (κ3) is 6.36. The topological polar surface area (TPSA) is 92.6 Å². The Kier molecular flexibility index (Phi) is 6.97. The summed E-state index contributed by atoms with van der Waals surface area (Å²) < 4.78 is 5.08. The molecule has 0 aliphatic heterocycles. The van der Waals surface area contributed by atoms with Crippen molar-refractivity contribution in [2.45, 2.75) is 25.5 Å². The van der Waals surface area contributed by atoms with E-state index in [0.29, 0.717) is 17.5 Å². The number of carboxylic acids is 1. The first-order valence-corrected chi connectivity index (χ1v) is 8.94. The highest BCUT2D eigenvalue weighted by atomic mass is 32.2. The number of aromatic nitrogens is 2. The molecule has 138 valence electrons. The number of rotatable bonds is 8. The number of aryl methyl sites for hydroxylation is 2. The van der Waals surface area contributed by atoms with Gasteiger partial charge in [-0.05, 0) is 37.6 Å². The summed E-state index contributed by atoms with van der Waals surface area (Å²) in [6, 6.07) is 8.88. The average Bonchev–Trinajstić information content (AvgIpc) is 2.58. The monoisotopic (exact) mass is 375 g/mol. The second kappa shape index (κ2) is 9.19. The number of aliphatic carboxylic acids is 1. The minimum atomic E-state index is -1.02. The molecule has 1 aromatic carbocycles. The van der Waals surface area contributed by atoms with Crippen LogP contribution in [0.4, 0.5) is 0 Å². The molecular formula is C18H21N3O4S. The van der Waals surface area contributed by atoms with E-state index in [9.17, 15) is 9.59 Å². The second-order valence-electron chi connectivity index (χ2n) is 5.80. The van der Waals surface area contributed by atoms with E-state index < -0.39 is 5.97 Å². The predicted molar refractivity (Wildman–Crippen MR) is 98.3 cm³/mol. The van der Waals surface area contributed by atoms with Crippen LogP contribution in [0.25, 0.3) is 0 Å². The van der Waals surface area contributed by atoms with Gasteiger partial charge in [0.1, 0.15) is 5.75 Å². The Morgan fingerprint density at radius 1 is 1.15 bits per heavy atom. The number of nitrogens with zero attached hydrogens (tertiary/aromatic N) is 3. The van der Waals surface area contributed by atoms with Gasteiger partial charge in [0.2, 0.25) is 5.91 Å². The fourth-order valence-corrected chi connectivity index (χ4v) is 3.08. The molecule has 0 fully saturated rings. The Labute approximate surface area is 156 Å². The molecule has 2 aromatic rings. The summed E-state index contributed by atoms with van der Waals surface area (Å²) >= 11 is 1.32. The Morgan fingerprint density at radius 2 is 1.77 bits per heavy atom. The molecule has 0 aliphatic rings. The van der Waals surface area contributed by atoms with Gasteiger partial charge < -0.3 is 14.7 Å². The van der Waals surface area contributed by atoms with Crippen LogP contribution in [0.2, 0.25) is 0 Å². The van der Waals surface area contributed by atoms with E-state index in [4.69, 9.17) is 9.84 Å². The van der Waals surface area contributed by atoms with E-state index in [1.165, 1.54) is 11.8 Å². The van der Waals surface area contributed by atoms with Crippen LogP contribution in [0.1, 0.15) is 17.0 Å². The molecule has 1 heterocycles. The molecule has 0 aliphatic carbocycles. The second-order valence-corrected chi connectivity index (χ2v) is 6.74. The maximum absolute atomic E-state index is 12.3. The number of carboxylic acid groups (broad SMARTS) is 1. The maximum atomic E-state index is 12.3. The van der Waals surface area contributed by atoms with E-state index in [0.717, 1.165) is 17.0 Å². The van der Waals surface area contributed by atoms with Crippen LogP contribution in [-0.2, 0) is 16.1 Å². The number of hydrogen-bond donors (Lipinski definition) is 1. The molecule has 1 aromatic heterocycles. The number of benzene rings is 1. The van der Waals surface area contributed by atoms with E-state index in [1.807, 2.05) is 19.9 Å². The lowest BCUT2D eigenvalue weighted by molar-refractivity contribution is -0.139. The van der Waals surface area contributed by atoms with Crippen LogP contribution in [0, 0.1) is 13.8 Å². The van der Waals surface area contributed by atoms with Crippen LogP contribution in [0.3, 0.4) is 0 Å². The molecule has 26 heavy (non-hydrogen) atoms. The SMILES string of the molecule is Cc1cc(C)nc(SCC(=O)N(C)Cc2ccc(OCC(=O)O)cc2)n1. The van der Waals surface area contributed by atoms with Gasteiger partial charge in [-0.15, -0.1) is 0 Å². The Hall–Kier alpha value is -2.61. The standard InChI is InChI=1S/C18H21N3O4S/c1-12-8-13(2)20-18(19-12)26-11-16(22)21(3)9-14-4-6-15(7-5-14)25-10-17(23)24/h4-8H,9-11H2,1-3H3,(H,23,24). The summed E-state index contributed by atoms with van der Waals surface area (Å²) in [7, 11) is 1.74. The van der Waals surface area contributed by atoms with Gasteiger partial charge in [-0.3, -0.25) is 4.79 Å². The summed E-state index contributed by atoms with van der Waals surface area (Å²) in [4.78, 5) is 33.0. The van der Waals surface area contributed by atoms with Crippen molar-refractivity contribution in [3.05, 3.63) is 47.3 Å². The first-order chi connectivity index (χ1) is 12.3. The zero-order valence-electron chi connectivity index (χ0n) is 14.9. The summed E-state index contributed by atoms with van der Waals surface area (Å²) in [5.74, 6) is -0.305. The average molecular weight is 375 g/mol. The third-order valence-electron chi connectivity index (χ3n) is 3.42. The highest BCUT2D eigenvalue weighted by molar-refractivity contribution is 7.99. The highest BCUT2D eigenvalue weighted by Crippen LogP contribution is 2.16. The van der Waals surface area contributed by atoms with Crippen molar-refractivity contribution in [3.8, 4) is 5.75 Å². The lowest BCUT2D eigenvalue weighted by Gasteiger charge is -2.17. The molecule has 0 saturated carbocycles. The molecule has 0 spiro atoms. The molecule has 7 nitrogen and oxygen atoms in total. The third-order valence-corrected chi connectivity index (χ3v) is 4.25. The van der Waals surface area contributed by atoms with E-state index in [2.05, 4.69) is 9.97 Å². The van der Waals surface area contributed by atoms with Gasteiger partial charge in [-0.1, -0.05) is 23.9 Å². The van der Waals surface area contributed by atoms with Crippen molar-refractivity contribution in [1.82, 2.24) is 14.9 Å². The van der Waals surface area contributed by atoms with Crippen molar-refractivity contribution in [1.29, 1.82) is 0 Å². The summed E-state index contributed by atoms with van der Waals surface area (Å²) in [5, 5.41) is 9.19. The molecule has 1 N–H and O–H groups in total. The molecule has 2 rings (SSSR count). The number of carbonyl (C=O) groups is 2. The Balaban J connectivity index is 1.85. The van der Waals surface area contributed by atoms with Gasteiger partial charge in [-0.25, -0.2) is 14.8 Å². The van der Waals surface area contributed by atoms with Crippen LogP contribution in [0.15, 0.2) is 35.5 Å². The lowest BCUT2D eigenvalue weighted by atomic mass is 10.2. The van der Waals surface area contributed by atoms with Crippen molar-refractivity contribution in [3.63, 3.8) is 0 Å². The first-order valence-electron chi connectivity index (χ1n) is 7.96. The van der Waals surface area contributed by atoms with Crippen molar-refractivity contribution in [2.24, 2.45) is 0 Å². The highest BCUT2D eigenvalue weighted by Gasteiger charge is 2.12. The van der Waals surface area contributed by atoms with E-state index in [1.54, 1.807) is 36.2 Å². The number of carbonyl (C=O) groups excluding carboxylic acids is 1. The van der Waals surface area contributed by atoms with Gasteiger partial charge in [0.15, 0.2) is 11.8 Å². The maximum Gasteiger partial charge on any atom is 0.341 e. The first kappa shape index (κ1) is 19.7. The van der Waals surface area contributed by atoms with Gasteiger partial charge in [0.05, 0.1) is 5.75 Å². The van der Waals surface area contributed by atoms with E-state index >= 15 is 0 Å². The smallest absolute Gasteiger partial charge is 0.341 e. The van der Waals surface area contributed by atoms with Crippen molar-refractivity contribution < 1.29 is 19.4 Å². The van der Waals surface area contributed by atoms with Gasteiger partial charge >= 0.3 is 5.97 Å². The van der Waals surface area contributed by atoms with Crippen LogP contribution in [0.5, 0.6) is 5.75 Å². The molecule has 0 unspecified atom stereocenters. The van der Waals surface area contributed by atoms with E-state index in [-0.39, 0.29) is 18.3 Å². The van der Waals surface area contributed by atoms with Crippen molar-refractivity contribution >= 4 is 23.6 Å². The Bertz CT molecular complexity index is 760. The summed E-state index contributed by atoms with van der Waals surface area (Å²) in [5.41, 5.74) is 2.69. The number of thioether (sulfide) groups is 1. The zero-order chi connectivity index (χ0) is 19.1. The van der Waals surface area contributed by atoms with Crippen LogP contribution in [-0.4, -0.2) is 51.3 Å². The number of ether oxygens (including phenoxy) is 1. The molecule has 0 radical (unpaired) electrons. The normalized spacial score (nSPS) is 10.4. The van der Waals surface area contributed by atoms with Gasteiger partial charge in [0.25, 0.3) is 0 Å².